The van der Waals surface area contributed by atoms with Crippen LogP contribution in [0.4, 0.5) is 0 Å². The summed E-state index contributed by atoms with van der Waals surface area (Å²) in [5.41, 5.74) is 0.0155. The molecule has 4 heteroatoms. The van der Waals surface area contributed by atoms with Crippen LogP contribution in [0.15, 0.2) is 0 Å². The average molecular weight is 241 g/mol. The quantitative estimate of drug-likeness (QED) is 0.734. The zero-order valence-corrected chi connectivity index (χ0v) is 11.1. The highest BCUT2D eigenvalue weighted by Gasteiger charge is 2.31. The van der Waals surface area contributed by atoms with Crippen LogP contribution in [0.5, 0.6) is 0 Å². The number of nitrogens with zero attached hydrogens (tertiary/aromatic N) is 2. The maximum absolute atomic E-state index is 9.62. The average Bonchev–Trinajstić information content (AvgIpc) is 2.39. The first-order valence-electron chi connectivity index (χ1n) is 7.01. The van der Waals surface area contributed by atoms with Crippen molar-refractivity contribution >= 4 is 0 Å². The molecule has 2 heterocycles. The van der Waals surface area contributed by atoms with Gasteiger partial charge in [0.2, 0.25) is 0 Å². The second kappa shape index (κ2) is 6.14. The predicted octanol–water partition coefficient (Wildman–Crippen LogP) is 0.129. The number of aliphatic hydroxyl groups excluding tert-OH is 1. The summed E-state index contributed by atoms with van der Waals surface area (Å²) in [6.07, 6.45) is 4.75. The molecule has 2 fully saturated rings. The minimum absolute atomic E-state index is 0.0155. The Kier molecular flexibility index (Phi) is 4.79. The van der Waals surface area contributed by atoms with Gasteiger partial charge in [-0.05, 0) is 32.9 Å². The fraction of sp³-hybridized carbons (Fsp3) is 1.00. The molecular weight excluding hydrogens is 214 g/mol. The van der Waals surface area contributed by atoms with Crippen LogP contribution in [0, 0.1) is 0 Å². The van der Waals surface area contributed by atoms with Gasteiger partial charge < -0.3 is 20.2 Å². The number of nitrogens with one attached hydrogen (secondary N) is 1. The van der Waals surface area contributed by atoms with E-state index in [4.69, 9.17) is 0 Å². The number of hydrogen-bond donors (Lipinski definition) is 2. The summed E-state index contributed by atoms with van der Waals surface area (Å²) in [5.74, 6) is 0. The van der Waals surface area contributed by atoms with Crippen molar-refractivity contribution in [3.63, 3.8) is 0 Å². The smallest absolute Gasteiger partial charge is 0.0613 e. The minimum atomic E-state index is 0.0155. The van der Waals surface area contributed by atoms with Gasteiger partial charge in [0.1, 0.15) is 0 Å². The van der Waals surface area contributed by atoms with Crippen LogP contribution in [0.25, 0.3) is 0 Å². The van der Waals surface area contributed by atoms with E-state index in [1.54, 1.807) is 0 Å². The lowest BCUT2D eigenvalue weighted by Gasteiger charge is -2.40. The van der Waals surface area contributed by atoms with Crippen molar-refractivity contribution < 1.29 is 5.11 Å². The summed E-state index contributed by atoms with van der Waals surface area (Å²) in [7, 11) is 2.19. The Morgan fingerprint density at radius 1 is 1.18 bits per heavy atom. The highest BCUT2D eigenvalue weighted by atomic mass is 16.3. The Morgan fingerprint density at radius 2 is 1.94 bits per heavy atom. The molecule has 2 aliphatic rings. The Balaban J connectivity index is 1.75. The van der Waals surface area contributed by atoms with E-state index in [1.165, 1.54) is 39.0 Å². The van der Waals surface area contributed by atoms with Crippen molar-refractivity contribution in [3.8, 4) is 0 Å². The molecule has 0 amide bonds. The molecule has 2 saturated heterocycles. The maximum atomic E-state index is 9.62. The molecule has 0 spiro atoms. The van der Waals surface area contributed by atoms with Crippen molar-refractivity contribution in [1.82, 2.24) is 15.1 Å². The molecule has 0 aromatic heterocycles. The van der Waals surface area contributed by atoms with Gasteiger partial charge in [-0.1, -0.05) is 6.42 Å². The molecule has 0 aromatic carbocycles. The predicted molar refractivity (Wildman–Crippen MR) is 70.2 cm³/mol. The van der Waals surface area contributed by atoms with E-state index < -0.39 is 0 Å². The number of piperidine rings is 1. The summed E-state index contributed by atoms with van der Waals surface area (Å²) >= 11 is 0. The molecule has 1 unspecified atom stereocenters. The van der Waals surface area contributed by atoms with E-state index in [-0.39, 0.29) is 5.54 Å². The van der Waals surface area contributed by atoms with Gasteiger partial charge >= 0.3 is 0 Å². The van der Waals surface area contributed by atoms with Crippen LogP contribution in [0.3, 0.4) is 0 Å². The molecule has 100 valence electrons. The van der Waals surface area contributed by atoms with Crippen molar-refractivity contribution in [3.05, 3.63) is 0 Å². The van der Waals surface area contributed by atoms with E-state index in [9.17, 15) is 5.11 Å². The van der Waals surface area contributed by atoms with Crippen molar-refractivity contribution in [2.24, 2.45) is 0 Å². The lowest BCUT2D eigenvalue weighted by atomic mass is 9.86. The van der Waals surface area contributed by atoms with Gasteiger partial charge in [0.05, 0.1) is 6.61 Å². The maximum Gasteiger partial charge on any atom is 0.0613 e. The van der Waals surface area contributed by atoms with E-state index in [0.717, 1.165) is 25.9 Å². The van der Waals surface area contributed by atoms with Crippen molar-refractivity contribution in [1.29, 1.82) is 0 Å². The fourth-order valence-electron chi connectivity index (χ4n) is 2.90. The van der Waals surface area contributed by atoms with Crippen molar-refractivity contribution in [2.75, 3.05) is 52.9 Å². The summed E-state index contributed by atoms with van der Waals surface area (Å²) in [4.78, 5) is 4.92. The summed E-state index contributed by atoms with van der Waals surface area (Å²) in [6, 6.07) is 0. The van der Waals surface area contributed by atoms with Crippen LogP contribution >= 0.6 is 0 Å². The van der Waals surface area contributed by atoms with E-state index in [2.05, 4.69) is 22.2 Å². The van der Waals surface area contributed by atoms with Gasteiger partial charge in [-0.15, -0.1) is 0 Å². The van der Waals surface area contributed by atoms with Crippen LogP contribution in [0.1, 0.15) is 25.7 Å². The first-order valence-corrected chi connectivity index (χ1v) is 7.01. The Labute approximate surface area is 105 Å². The van der Waals surface area contributed by atoms with Gasteiger partial charge in [-0.2, -0.15) is 0 Å². The Hall–Kier alpha value is -0.160. The molecule has 4 nitrogen and oxygen atoms in total. The first-order chi connectivity index (χ1) is 8.24. The van der Waals surface area contributed by atoms with Gasteiger partial charge in [-0.25, -0.2) is 0 Å². The number of rotatable bonds is 4. The number of piperazine rings is 1. The monoisotopic (exact) mass is 241 g/mol. The molecular formula is C13H27N3O. The second-order valence-corrected chi connectivity index (χ2v) is 5.72. The summed E-state index contributed by atoms with van der Waals surface area (Å²) in [6.45, 7) is 7.21. The zero-order valence-electron chi connectivity index (χ0n) is 11.1. The Morgan fingerprint density at radius 3 is 2.53 bits per heavy atom. The topological polar surface area (TPSA) is 38.7 Å². The van der Waals surface area contributed by atoms with Crippen molar-refractivity contribution in [2.45, 2.75) is 31.2 Å². The highest BCUT2D eigenvalue weighted by molar-refractivity contribution is 4.91. The SMILES string of the molecule is CN1CCN(CCC2(CO)CCCCN2)CC1. The molecule has 1 atom stereocenters. The van der Waals surface area contributed by atoms with E-state index in [0.29, 0.717) is 6.61 Å². The summed E-state index contributed by atoms with van der Waals surface area (Å²) in [5, 5.41) is 13.2. The minimum Gasteiger partial charge on any atom is -0.394 e. The number of aliphatic hydroxyl groups is 1. The van der Waals surface area contributed by atoms with Gasteiger partial charge in [0.15, 0.2) is 0 Å². The van der Waals surface area contributed by atoms with E-state index >= 15 is 0 Å². The third kappa shape index (κ3) is 3.65. The van der Waals surface area contributed by atoms with Gasteiger partial charge in [-0.3, -0.25) is 0 Å². The van der Waals surface area contributed by atoms with E-state index in [1.807, 2.05) is 0 Å². The molecule has 0 aromatic rings. The second-order valence-electron chi connectivity index (χ2n) is 5.72. The molecule has 0 radical (unpaired) electrons. The van der Waals surface area contributed by atoms with Crippen LogP contribution in [-0.4, -0.2) is 73.4 Å². The van der Waals surface area contributed by atoms with Gasteiger partial charge in [0.25, 0.3) is 0 Å². The van der Waals surface area contributed by atoms with Crippen LogP contribution < -0.4 is 5.32 Å². The van der Waals surface area contributed by atoms with Gasteiger partial charge in [0, 0.05) is 38.3 Å². The van der Waals surface area contributed by atoms with Crippen LogP contribution in [0.2, 0.25) is 0 Å². The molecule has 2 N–H and O–H groups in total. The largest absolute Gasteiger partial charge is 0.394 e. The zero-order chi connectivity index (χ0) is 12.1. The molecule has 2 rings (SSSR count). The first kappa shape index (κ1) is 13.3. The lowest BCUT2D eigenvalue weighted by molar-refractivity contribution is 0.0928. The molecule has 17 heavy (non-hydrogen) atoms. The molecule has 0 saturated carbocycles. The standard InChI is InChI=1S/C13H27N3O/c1-15-8-10-16(11-9-15)7-5-13(12-17)4-2-3-6-14-13/h14,17H,2-12H2,1H3. The normalized spacial score (nSPS) is 32.8. The molecule has 0 aliphatic carbocycles. The molecule has 0 bridgehead atoms. The third-order valence-electron chi connectivity index (χ3n) is 4.39. The third-order valence-corrected chi connectivity index (χ3v) is 4.39. The fourth-order valence-corrected chi connectivity index (χ4v) is 2.90. The van der Waals surface area contributed by atoms with Crippen LogP contribution in [-0.2, 0) is 0 Å². The lowest BCUT2D eigenvalue weighted by Crippen LogP contribution is -2.54. The highest BCUT2D eigenvalue weighted by Crippen LogP contribution is 2.23. The Bertz CT molecular complexity index is 221. The number of likely N-dealkylation sites (N-methyl/N-ethyl adjacent to an activating group) is 1. The molecule has 2 aliphatic heterocycles. The summed E-state index contributed by atoms with van der Waals surface area (Å²) < 4.78 is 0. The number of hydrogen-bond acceptors (Lipinski definition) is 4.